The van der Waals surface area contributed by atoms with E-state index in [-0.39, 0.29) is 17.0 Å². The predicted molar refractivity (Wildman–Crippen MR) is 136 cm³/mol. The maximum Gasteiger partial charge on any atom is 0.320 e. The van der Waals surface area contributed by atoms with Crippen molar-refractivity contribution in [3.8, 4) is 0 Å². The van der Waals surface area contributed by atoms with Gasteiger partial charge in [-0.05, 0) is 6.92 Å². The van der Waals surface area contributed by atoms with Crippen molar-refractivity contribution in [3.05, 3.63) is 48.5 Å². The number of rotatable bonds is 11. The van der Waals surface area contributed by atoms with E-state index in [0.29, 0.717) is 12.1 Å². The van der Waals surface area contributed by atoms with Crippen LogP contribution in [0.4, 0.5) is 10.6 Å². The van der Waals surface area contributed by atoms with Crippen LogP contribution in [0.2, 0.25) is 0 Å². The van der Waals surface area contributed by atoms with Gasteiger partial charge in [0.25, 0.3) is 7.82 Å². The van der Waals surface area contributed by atoms with Crippen molar-refractivity contribution in [1.82, 2.24) is 24.8 Å². The number of aromatic nitrogens is 4. The van der Waals surface area contributed by atoms with Crippen molar-refractivity contribution in [2.24, 2.45) is 0 Å². The molecule has 1 aromatic carbocycles. The summed E-state index contributed by atoms with van der Waals surface area (Å²) in [5, 5.41) is 13.8. The van der Waals surface area contributed by atoms with Gasteiger partial charge >= 0.3 is 12.0 Å². The van der Waals surface area contributed by atoms with E-state index in [0.717, 1.165) is 0 Å². The molecule has 0 spiro atoms. The molecule has 0 radical (unpaired) electrons. The first-order chi connectivity index (χ1) is 20.0. The third-order valence-corrected chi connectivity index (χ3v) is 8.99. The van der Waals surface area contributed by atoms with Crippen LogP contribution >= 0.6 is 15.4 Å². The van der Waals surface area contributed by atoms with Crippen molar-refractivity contribution in [3.63, 3.8) is 0 Å². The minimum absolute atomic E-state index is 0.123. The lowest BCUT2D eigenvalue weighted by Crippen LogP contribution is -2.32. The van der Waals surface area contributed by atoms with Gasteiger partial charge in [0, 0.05) is 12.1 Å². The molecule has 4 heterocycles. The van der Waals surface area contributed by atoms with Gasteiger partial charge in [0.2, 0.25) is 0 Å². The predicted octanol–water partition coefficient (Wildman–Crippen LogP) is 0.488. The molecule has 2 aromatic heterocycles. The number of phosphoric ester groups is 1. The second kappa shape index (κ2) is 12.1. The first kappa shape index (κ1) is 30.2. The lowest BCUT2D eigenvalue weighted by Gasteiger charge is -2.31. The summed E-state index contributed by atoms with van der Waals surface area (Å²) in [4.78, 5) is 59.4. The fraction of sp³-hybridized carbons (Fsp3) is 0.409. The summed E-state index contributed by atoms with van der Waals surface area (Å²) >= 11 is 0. The van der Waals surface area contributed by atoms with Crippen LogP contribution in [-0.4, -0.2) is 74.3 Å². The molecule has 5 rings (SSSR count). The molecule has 0 saturated carbocycles. The fourth-order valence-corrected chi connectivity index (χ4v) is 6.74. The Kier molecular flexibility index (Phi) is 8.71. The number of carbonyl (C=O) groups excluding carboxylic acids is 1. The number of fused-ring (bicyclic) bond motifs is 2. The molecule has 42 heavy (non-hydrogen) atoms. The number of hydrogen-bond acceptors (Lipinski definition) is 14. The zero-order chi connectivity index (χ0) is 30.1. The first-order valence-electron chi connectivity index (χ1n) is 12.4. The molecule has 2 aliphatic heterocycles. The molecule has 2 saturated heterocycles. The Bertz CT molecular complexity index is 1560. The summed E-state index contributed by atoms with van der Waals surface area (Å²) < 4.78 is 52.5. The van der Waals surface area contributed by atoms with Crippen molar-refractivity contribution in [2.75, 3.05) is 24.6 Å². The number of urea groups is 1. The number of hydrogen-bond donors (Lipinski definition) is 3. The van der Waals surface area contributed by atoms with Gasteiger partial charge in [-0.3, -0.25) is 23.6 Å². The van der Waals surface area contributed by atoms with Crippen LogP contribution in [0.5, 0.6) is 0 Å². The van der Waals surface area contributed by atoms with Crippen LogP contribution < -0.4 is 20.4 Å². The van der Waals surface area contributed by atoms with Gasteiger partial charge in [0.1, 0.15) is 30.8 Å². The summed E-state index contributed by atoms with van der Waals surface area (Å²) in [6, 6.07) is 8.38. The minimum Gasteiger partial charge on any atom is -0.778 e. The number of ether oxygens (including phenoxy) is 3. The number of aliphatic carboxylic acids is 1. The van der Waals surface area contributed by atoms with Gasteiger partial charge in [-0.15, -0.1) is 0 Å². The molecule has 0 bridgehead atoms. The second-order valence-electron chi connectivity index (χ2n) is 9.03. The van der Waals surface area contributed by atoms with Gasteiger partial charge in [-0.2, -0.15) is 0 Å². The maximum atomic E-state index is 12.2. The highest BCUT2D eigenvalue weighted by atomic mass is 31.3. The maximum absolute atomic E-state index is 12.2. The number of anilines is 1. The average molecular weight is 626 g/mol. The third kappa shape index (κ3) is 6.67. The normalized spacial score (nSPS) is 26.3. The van der Waals surface area contributed by atoms with E-state index < -0.39 is 71.0 Å². The van der Waals surface area contributed by atoms with Gasteiger partial charge in [0.15, 0.2) is 37.1 Å². The molecule has 2 unspecified atom stereocenters. The Hall–Kier alpha value is -3.31. The third-order valence-electron chi connectivity index (χ3n) is 6.07. The number of carboxylic acids is 1. The van der Waals surface area contributed by atoms with Crippen molar-refractivity contribution >= 4 is 44.4 Å². The van der Waals surface area contributed by atoms with Crippen LogP contribution in [0, 0.1) is 0 Å². The van der Waals surface area contributed by atoms with Crippen LogP contribution in [0.3, 0.4) is 0 Å². The minimum atomic E-state index is -5.53. The van der Waals surface area contributed by atoms with Crippen molar-refractivity contribution in [2.45, 2.75) is 37.8 Å². The van der Waals surface area contributed by atoms with E-state index in [4.69, 9.17) is 23.8 Å². The SMILES string of the molecule is CCNC(=O)Nc1ncnc2c1ncn2[C@@H]1O[C@H](COP(=O)([O-])OP(=O)([O-])CC(=O)O)[C@@H]2O[C@H](c3ccccc3)O[C@@H]21. The van der Waals surface area contributed by atoms with Crippen LogP contribution in [0.1, 0.15) is 25.0 Å². The van der Waals surface area contributed by atoms with E-state index in [2.05, 4.69) is 29.9 Å². The molecule has 2 fully saturated rings. The van der Waals surface area contributed by atoms with Gasteiger partial charge in [-0.25, -0.2) is 19.7 Å². The molecule has 2 aliphatic rings. The smallest absolute Gasteiger partial charge is 0.320 e. The number of carboxylic acid groups (broad SMARTS) is 1. The fourth-order valence-electron chi connectivity index (χ4n) is 4.44. The monoisotopic (exact) mass is 626 g/mol. The topological polar surface area (TPSA) is 248 Å². The van der Waals surface area contributed by atoms with Crippen LogP contribution in [0.15, 0.2) is 43.0 Å². The molecule has 20 heteroatoms. The summed E-state index contributed by atoms with van der Waals surface area (Å²) in [6.45, 7) is 1.36. The van der Waals surface area contributed by atoms with E-state index in [1.165, 1.54) is 17.2 Å². The molecular formula is C22H24N6O12P2-2. The molecule has 2 amide bonds. The van der Waals surface area contributed by atoms with Crippen LogP contribution in [0.25, 0.3) is 11.2 Å². The lowest BCUT2D eigenvalue weighted by atomic mass is 10.1. The first-order valence-corrected chi connectivity index (χ1v) is 15.6. The van der Waals surface area contributed by atoms with E-state index in [1.807, 2.05) is 0 Å². The largest absolute Gasteiger partial charge is 0.778 e. The zero-order valence-corrected chi connectivity index (χ0v) is 23.5. The highest BCUT2D eigenvalue weighted by molar-refractivity contribution is 7.63. The Balaban J connectivity index is 1.40. The van der Waals surface area contributed by atoms with E-state index >= 15 is 0 Å². The lowest BCUT2D eigenvalue weighted by molar-refractivity contribution is -0.234. The molecule has 18 nitrogen and oxygen atoms in total. The number of phosphoric acid groups is 1. The molecule has 7 atom stereocenters. The molecule has 3 aromatic rings. The summed E-state index contributed by atoms with van der Waals surface area (Å²) in [7, 11) is -10.8. The summed E-state index contributed by atoms with van der Waals surface area (Å²) in [5.41, 5.74) is 1.13. The standard InChI is InChI=1S/C22H26N6O12P2/c1-2-23-22(31)27-18-15-19(25-10-24-18)28(11-26-15)20-17-16(38-21(39-17)12-6-4-3-5-7-12)13(37-20)8-36-42(34,35)40-41(32,33)9-14(29)30/h3-7,10-11,13,16-17,20-21H,2,8-9H2,1H3,(H,29,30)(H,32,33)(H,34,35)(H2,23,24,25,27,31)/p-2/t13-,16+,17+,20-,21+/m1/s1. The quantitative estimate of drug-likeness (QED) is 0.245. The molecule has 3 N–H and O–H groups in total. The average Bonchev–Trinajstić information content (AvgIpc) is 3.61. The summed E-state index contributed by atoms with van der Waals surface area (Å²) in [5.74, 6) is -1.68. The highest BCUT2D eigenvalue weighted by Gasteiger charge is 2.54. The number of imidazole rings is 1. The Morgan fingerprint density at radius 3 is 2.55 bits per heavy atom. The number of nitrogens with one attached hydrogen (secondary N) is 2. The van der Waals surface area contributed by atoms with Crippen molar-refractivity contribution in [1.29, 1.82) is 0 Å². The van der Waals surface area contributed by atoms with Gasteiger partial charge < -0.3 is 43.5 Å². The molecule has 0 aliphatic carbocycles. The van der Waals surface area contributed by atoms with E-state index in [1.54, 1.807) is 37.3 Å². The Morgan fingerprint density at radius 2 is 1.83 bits per heavy atom. The van der Waals surface area contributed by atoms with Crippen molar-refractivity contribution < 1.29 is 56.7 Å². The number of benzene rings is 1. The summed E-state index contributed by atoms with van der Waals surface area (Å²) in [6.07, 6.45) is -3.78. The molecular weight excluding hydrogens is 602 g/mol. The highest BCUT2D eigenvalue weighted by Crippen LogP contribution is 2.55. The van der Waals surface area contributed by atoms with Crippen LogP contribution in [-0.2, 0) is 37.0 Å². The van der Waals surface area contributed by atoms with Gasteiger partial charge in [-0.1, -0.05) is 30.3 Å². The Labute approximate surface area is 237 Å². The number of amides is 2. The van der Waals surface area contributed by atoms with Gasteiger partial charge in [0.05, 0.1) is 12.9 Å². The zero-order valence-electron chi connectivity index (χ0n) is 21.7. The number of carbonyl (C=O) groups is 2. The molecule has 226 valence electrons. The van der Waals surface area contributed by atoms with E-state index in [9.17, 15) is 28.5 Å². The second-order valence-corrected chi connectivity index (χ2v) is 12.4. The number of nitrogens with zero attached hydrogens (tertiary/aromatic N) is 4. The Morgan fingerprint density at radius 1 is 1.10 bits per heavy atom.